The molecule has 4 rings (SSSR count). The summed E-state index contributed by atoms with van der Waals surface area (Å²) in [5.41, 5.74) is 0.659. The number of benzene rings is 3. The highest BCUT2D eigenvalue weighted by molar-refractivity contribution is 7.99. The number of fused-ring (bicyclic) bond motifs is 1. The smallest absolute Gasteiger partial charge is 0.207 e. The van der Waals surface area contributed by atoms with Crippen LogP contribution in [0.4, 0.5) is 4.39 Å². The molecular weight excluding hydrogens is 381 g/mol. The molecule has 1 aliphatic heterocycles. The van der Waals surface area contributed by atoms with Gasteiger partial charge in [-0.2, -0.15) is 16.1 Å². The molecule has 0 amide bonds. The van der Waals surface area contributed by atoms with Gasteiger partial charge < -0.3 is 0 Å². The lowest BCUT2D eigenvalue weighted by molar-refractivity contribution is 0.427. The van der Waals surface area contributed by atoms with Gasteiger partial charge in [0.1, 0.15) is 5.82 Å². The van der Waals surface area contributed by atoms with Crippen molar-refractivity contribution in [2.75, 3.05) is 18.8 Å². The number of halogens is 1. The van der Waals surface area contributed by atoms with Gasteiger partial charge in [-0.15, -0.1) is 0 Å². The van der Waals surface area contributed by atoms with Gasteiger partial charge >= 0.3 is 0 Å². The summed E-state index contributed by atoms with van der Waals surface area (Å²) in [6.45, 7) is 0.818. The Hall–Kier alpha value is -1.89. The second-order valence-corrected chi connectivity index (χ2v) is 9.77. The molecule has 1 saturated heterocycles. The van der Waals surface area contributed by atoms with Crippen LogP contribution in [0.2, 0.25) is 0 Å². The molecule has 1 aliphatic rings. The zero-order chi connectivity index (χ0) is 18.9. The number of rotatable bonds is 3. The first-order valence-corrected chi connectivity index (χ1v) is 11.4. The molecule has 0 N–H and O–H groups in total. The quantitative estimate of drug-likeness (QED) is 0.630. The van der Waals surface area contributed by atoms with E-state index in [1.165, 1.54) is 6.07 Å². The molecule has 1 unspecified atom stereocenters. The average molecular weight is 402 g/mol. The molecule has 140 valence electrons. The molecule has 3 nitrogen and oxygen atoms in total. The lowest BCUT2D eigenvalue weighted by atomic mass is 10.1. The molecule has 1 fully saturated rings. The van der Waals surface area contributed by atoms with Crippen LogP contribution < -0.4 is 0 Å². The molecule has 0 aliphatic carbocycles. The van der Waals surface area contributed by atoms with E-state index in [9.17, 15) is 12.8 Å². The van der Waals surface area contributed by atoms with Crippen molar-refractivity contribution in [1.82, 2.24) is 4.31 Å². The Morgan fingerprint density at radius 3 is 2.52 bits per heavy atom. The Morgan fingerprint density at radius 2 is 1.67 bits per heavy atom. The molecule has 1 heterocycles. The summed E-state index contributed by atoms with van der Waals surface area (Å²) in [6.07, 6.45) is 0.593. The van der Waals surface area contributed by atoms with Crippen LogP contribution in [0, 0.1) is 5.82 Å². The fourth-order valence-corrected chi connectivity index (χ4v) is 6.57. The van der Waals surface area contributed by atoms with Gasteiger partial charge in [0.25, 0.3) is 0 Å². The Labute approximate surface area is 163 Å². The number of sulfonamides is 1. The van der Waals surface area contributed by atoms with Gasteiger partial charge in [0, 0.05) is 35.0 Å². The molecule has 27 heavy (non-hydrogen) atoms. The normalized spacial score (nSPS) is 19.1. The molecule has 0 spiro atoms. The van der Waals surface area contributed by atoms with Crippen molar-refractivity contribution in [3.05, 3.63) is 78.1 Å². The van der Waals surface area contributed by atoms with Gasteiger partial charge in [0.2, 0.25) is 10.0 Å². The van der Waals surface area contributed by atoms with Crippen LogP contribution in [0.3, 0.4) is 0 Å². The second kappa shape index (κ2) is 7.62. The maximum atomic E-state index is 14.1. The Balaban J connectivity index is 1.62. The number of hydrogen-bond donors (Lipinski definition) is 0. The van der Waals surface area contributed by atoms with Crippen molar-refractivity contribution in [1.29, 1.82) is 0 Å². The van der Waals surface area contributed by atoms with E-state index in [4.69, 9.17) is 0 Å². The van der Waals surface area contributed by atoms with Crippen LogP contribution in [0.15, 0.2) is 71.6 Å². The lowest BCUT2D eigenvalue weighted by Gasteiger charge is -2.21. The van der Waals surface area contributed by atoms with E-state index in [0.29, 0.717) is 35.7 Å². The fourth-order valence-electron chi connectivity index (χ4n) is 3.53. The first-order chi connectivity index (χ1) is 13.1. The van der Waals surface area contributed by atoms with Crippen molar-refractivity contribution < 1.29 is 12.8 Å². The average Bonchev–Trinajstić information content (AvgIpc) is 2.94. The Kier molecular flexibility index (Phi) is 5.21. The van der Waals surface area contributed by atoms with E-state index in [-0.39, 0.29) is 11.1 Å². The van der Waals surface area contributed by atoms with Gasteiger partial charge in [-0.05, 0) is 23.9 Å². The molecule has 0 bridgehead atoms. The van der Waals surface area contributed by atoms with E-state index in [1.807, 2.05) is 36.4 Å². The van der Waals surface area contributed by atoms with E-state index in [0.717, 1.165) is 10.8 Å². The van der Waals surface area contributed by atoms with Crippen LogP contribution in [-0.2, 0) is 10.0 Å². The lowest BCUT2D eigenvalue weighted by Crippen LogP contribution is -2.33. The summed E-state index contributed by atoms with van der Waals surface area (Å²) in [4.78, 5) is 0.343. The molecule has 3 aromatic rings. The van der Waals surface area contributed by atoms with Gasteiger partial charge in [-0.3, -0.25) is 0 Å². The number of hydrogen-bond acceptors (Lipinski definition) is 3. The maximum absolute atomic E-state index is 14.1. The van der Waals surface area contributed by atoms with Gasteiger partial charge in [-0.25, -0.2) is 12.8 Å². The standard InChI is InChI=1S/C21H20FNO2S2/c22-19-10-4-3-9-18(19)20-12-13-23(14-15-26-20)27(24,25)21-11-5-7-16-6-1-2-8-17(16)21/h1-11,20H,12-15H2. The Morgan fingerprint density at radius 1 is 0.926 bits per heavy atom. The van der Waals surface area contributed by atoms with E-state index in [2.05, 4.69) is 0 Å². The van der Waals surface area contributed by atoms with Crippen molar-refractivity contribution in [2.24, 2.45) is 0 Å². The predicted molar refractivity (Wildman–Crippen MR) is 109 cm³/mol. The minimum absolute atomic E-state index is 0.0288. The highest BCUT2D eigenvalue weighted by Crippen LogP contribution is 2.37. The van der Waals surface area contributed by atoms with Crippen LogP contribution in [0.5, 0.6) is 0 Å². The van der Waals surface area contributed by atoms with Gasteiger partial charge in [0.05, 0.1) is 4.90 Å². The summed E-state index contributed by atoms with van der Waals surface area (Å²) < 4.78 is 42.3. The van der Waals surface area contributed by atoms with E-state index >= 15 is 0 Å². The molecule has 0 aromatic heterocycles. The first kappa shape index (κ1) is 18.5. The number of nitrogens with zero attached hydrogens (tertiary/aromatic N) is 1. The van der Waals surface area contributed by atoms with Crippen molar-refractivity contribution >= 4 is 32.6 Å². The second-order valence-electron chi connectivity index (χ2n) is 6.55. The maximum Gasteiger partial charge on any atom is 0.243 e. The molecule has 0 saturated carbocycles. The van der Waals surface area contributed by atoms with E-state index in [1.54, 1.807) is 40.3 Å². The largest absolute Gasteiger partial charge is 0.243 e. The fraction of sp³-hybridized carbons (Fsp3) is 0.238. The van der Waals surface area contributed by atoms with Crippen molar-refractivity contribution in [3.8, 4) is 0 Å². The summed E-state index contributed by atoms with van der Waals surface area (Å²) in [7, 11) is -3.60. The SMILES string of the molecule is O=S(=O)(c1cccc2ccccc12)N1CCSC(c2ccccc2F)CC1. The molecule has 0 radical (unpaired) electrons. The van der Waals surface area contributed by atoms with Gasteiger partial charge in [0.15, 0.2) is 0 Å². The monoisotopic (exact) mass is 401 g/mol. The summed E-state index contributed by atoms with van der Waals surface area (Å²) in [5.74, 6) is 0.420. The predicted octanol–water partition coefficient (Wildman–Crippen LogP) is 4.85. The molecule has 3 aromatic carbocycles. The van der Waals surface area contributed by atoms with E-state index < -0.39 is 10.0 Å². The summed E-state index contributed by atoms with van der Waals surface area (Å²) in [6, 6.07) is 19.7. The van der Waals surface area contributed by atoms with Crippen molar-refractivity contribution in [2.45, 2.75) is 16.6 Å². The van der Waals surface area contributed by atoms with Crippen LogP contribution in [0.1, 0.15) is 17.2 Å². The minimum Gasteiger partial charge on any atom is -0.207 e. The van der Waals surface area contributed by atoms with Crippen LogP contribution in [0.25, 0.3) is 10.8 Å². The highest BCUT2D eigenvalue weighted by Gasteiger charge is 2.30. The topological polar surface area (TPSA) is 37.4 Å². The molecule has 1 atom stereocenters. The summed E-state index contributed by atoms with van der Waals surface area (Å²) in [5, 5.41) is 1.62. The first-order valence-electron chi connectivity index (χ1n) is 8.91. The third-order valence-corrected chi connectivity index (χ3v) is 8.19. The minimum atomic E-state index is -3.60. The molecule has 6 heteroatoms. The zero-order valence-corrected chi connectivity index (χ0v) is 16.3. The third kappa shape index (κ3) is 3.61. The van der Waals surface area contributed by atoms with Crippen LogP contribution in [-0.4, -0.2) is 31.6 Å². The summed E-state index contributed by atoms with van der Waals surface area (Å²) >= 11 is 1.62. The third-order valence-electron chi connectivity index (χ3n) is 4.92. The van der Waals surface area contributed by atoms with Crippen molar-refractivity contribution in [3.63, 3.8) is 0 Å². The highest BCUT2D eigenvalue weighted by atomic mass is 32.2. The zero-order valence-electron chi connectivity index (χ0n) is 14.7. The Bertz CT molecular complexity index is 1060. The van der Waals surface area contributed by atoms with Gasteiger partial charge in [-0.1, -0.05) is 54.6 Å². The number of thioether (sulfide) groups is 1. The van der Waals surface area contributed by atoms with Crippen LogP contribution >= 0.6 is 11.8 Å². The molecular formula is C21H20FNO2S2.